The molecule has 0 radical (unpaired) electrons. The Kier molecular flexibility index (Phi) is 8.44. The van der Waals surface area contributed by atoms with Crippen LogP contribution in [0.1, 0.15) is 23.6 Å². The lowest BCUT2D eigenvalue weighted by Gasteiger charge is -2.14. The summed E-state index contributed by atoms with van der Waals surface area (Å²) in [5.41, 5.74) is 2.39. The predicted octanol–water partition coefficient (Wildman–Crippen LogP) is 7.97. The van der Waals surface area contributed by atoms with Crippen LogP contribution in [0.3, 0.4) is 0 Å². The summed E-state index contributed by atoms with van der Waals surface area (Å²) in [6, 6.07) is 18.3. The van der Waals surface area contributed by atoms with E-state index in [2.05, 4.69) is 15.9 Å². The number of hydrogen-bond donors (Lipinski definition) is 0. The van der Waals surface area contributed by atoms with Gasteiger partial charge in [0.05, 0.1) is 18.1 Å². The van der Waals surface area contributed by atoms with E-state index in [4.69, 9.17) is 32.7 Å². The number of thioether (sulfide) groups is 1. The molecule has 3 aromatic rings. The number of ether oxygens (including phenoxy) is 2. The highest BCUT2D eigenvalue weighted by Gasteiger charge is 2.35. The van der Waals surface area contributed by atoms with Gasteiger partial charge in [0.25, 0.3) is 11.1 Å². The number of carbonyl (C=O) groups excluding carboxylic acids is 2. The molecule has 0 atom stereocenters. The van der Waals surface area contributed by atoms with Gasteiger partial charge >= 0.3 is 0 Å². The summed E-state index contributed by atoms with van der Waals surface area (Å²) in [4.78, 5) is 27.0. The first-order valence-electron chi connectivity index (χ1n) is 10.7. The maximum Gasteiger partial charge on any atom is 0.293 e. The lowest BCUT2D eigenvalue weighted by Crippen LogP contribution is -2.27. The van der Waals surface area contributed by atoms with Gasteiger partial charge < -0.3 is 9.47 Å². The van der Waals surface area contributed by atoms with E-state index >= 15 is 0 Å². The van der Waals surface area contributed by atoms with Gasteiger partial charge in [-0.25, -0.2) is 0 Å². The molecular formula is C26H20BrCl2NO4S. The van der Waals surface area contributed by atoms with E-state index in [1.807, 2.05) is 37.3 Å². The molecule has 35 heavy (non-hydrogen) atoms. The normalized spacial score (nSPS) is 14.6. The van der Waals surface area contributed by atoms with Gasteiger partial charge in [-0.1, -0.05) is 63.4 Å². The third kappa shape index (κ3) is 6.41. The van der Waals surface area contributed by atoms with Crippen LogP contribution in [0.4, 0.5) is 4.79 Å². The second-order valence-corrected chi connectivity index (χ2v) is 10.3. The molecule has 1 saturated heterocycles. The summed E-state index contributed by atoms with van der Waals surface area (Å²) >= 11 is 16.5. The topological polar surface area (TPSA) is 55.8 Å². The van der Waals surface area contributed by atoms with Crippen LogP contribution >= 0.6 is 50.9 Å². The zero-order valence-electron chi connectivity index (χ0n) is 18.6. The molecule has 2 amide bonds. The fourth-order valence-electron chi connectivity index (χ4n) is 3.35. The van der Waals surface area contributed by atoms with Crippen molar-refractivity contribution < 1.29 is 19.1 Å². The van der Waals surface area contributed by atoms with Gasteiger partial charge in [0, 0.05) is 14.5 Å². The molecule has 4 rings (SSSR count). The smallest absolute Gasteiger partial charge is 0.293 e. The summed E-state index contributed by atoms with van der Waals surface area (Å²) in [5, 5.41) is 0.537. The first-order valence-corrected chi connectivity index (χ1v) is 13.0. The van der Waals surface area contributed by atoms with Crippen molar-refractivity contribution in [3.8, 4) is 11.5 Å². The van der Waals surface area contributed by atoms with Gasteiger partial charge in [0.15, 0.2) is 11.5 Å². The van der Waals surface area contributed by atoms with E-state index < -0.39 is 0 Å². The summed E-state index contributed by atoms with van der Waals surface area (Å²) in [7, 11) is 0. The van der Waals surface area contributed by atoms with Crippen LogP contribution in [0.2, 0.25) is 10.0 Å². The number of carbonyl (C=O) groups is 2. The van der Waals surface area contributed by atoms with E-state index in [0.717, 1.165) is 27.4 Å². The van der Waals surface area contributed by atoms with Gasteiger partial charge in [-0.2, -0.15) is 0 Å². The molecule has 0 unspecified atom stereocenters. The molecule has 3 aromatic carbocycles. The van der Waals surface area contributed by atoms with Crippen LogP contribution in [0, 0.1) is 0 Å². The Bertz CT molecular complexity index is 1300. The van der Waals surface area contributed by atoms with Crippen molar-refractivity contribution in [1.29, 1.82) is 0 Å². The van der Waals surface area contributed by atoms with E-state index in [0.29, 0.717) is 45.2 Å². The van der Waals surface area contributed by atoms with Crippen molar-refractivity contribution in [2.24, 2.45) is 0 Å². The summed E-state index contributed by atoms with van der Waals surface area (Å²) in [6.45, 7) is 2.80. The monoisotopic (exact) mass is 591 g/mol. The average molecular weight is 593 g/mol. The minimum atomic E-state index is -0.375. The van der Waals surface area contributed by atoms with Gasteiger partial charge in [-0.15, -0.1) is 0 Å². The summed E-state index contributed by atoms with van der Waals surface area (Å²) in [6.07, 6.45) is 1.68. The molecule has 1 fully saturated rings. The SMILES string of the molecule is CCOc1cc(/C=C2\SC(=O)N(Cc3ccc(Cl)cc3Cl)C2=O)ccc1OCc1ccc(Br)cc1. The Hall–Kier alpha value is -2.45. The maximum atomic E-state index is 13.0. The molecule has 0 bridgehead atoms. The van der Waals surface area contributed by atoms with Crippen molar-refractivity contribution in [3.05, 3.63) is 96.8 Å². The summed E-state index contributed by atoms with van der Waals surface area (Å²) in [5.74, 6) is 0.780. The molecule has 180 valence electrons. The molecule has 1 aliphatic rings. The molecule has 0 aliphatic carbocycles. The molecule has 9 heteroatoms. The highest BCUT2D eigenvalue weighted by Crippen LogP contribution is 2.36. The Morgan fingerprint density at radius 3 is 2.46 bits per heavy atom. The third-order valence-corrected chi connectivity index (χ3v) is 7.11. The third-order valence-electron chi connectivity index (χ3n) is 5.09. The van der Waals surface area contributed by atoms with Gasteiger partial charge in [0.1, 0.15) is 6.61 Å². The molecule has 0 aromatic heterocycles. The lowest BCUT2D eigenvalue weighted by atomic mass is 10.1. The van der Waals surface area contributed by atoms with Crippen LogP contribution in [-0.2, 0) is 17.9 Å². The number of imide groups is 1. The molecule has 5 nitrogen and oxygen atoms in total. The second kappa shape index (κ2) is 11.5. The van der Waals surface area contributed by atoms with Crippen molar-refractivity contribution in [3.63, 3.8) is 0 Å². The Morgan fingerprint density at radius 2 is 1.74 bits per heavy atom. The van der Waals surface area contributed by atoms with Crippen molar-refractivity contribution >= 4 is 68.1 Å². The zero-order chi connectivity index (χ0) is 24.9. The largest absolute Gasteiger partial charge is 0.490 e. The molecule has 1 heterocycles. The van der Waals surface area contributed by atoms with E-state index in [1.165, 1.54) is 4.90 Å². The van der Waals surface area contributed by atoms with E-state index in [-0.39, 0.29) is 17.7 Å². The zero-order valence-corrected chi connectivity index (χ0v) is 22.5. The quantitative estimate of drug-likeness (QED) is 0.248. The minimum absolute atomic E-state index is 0.0744. The molecule has 0 saturated carbocycles. The number of nitrogens with zero attached hydrogens (tertiary/aromatic N) is 1. The number of amides is 2. The second-order valence-electron chi connectivity index (χ2n) is 7.56. The van der Waals surface area contributed by atoms with Crippen LogP contribution in [0.15, 0.2) is 70.0 Å². The number of hydrogen-bond acceptors (Lipinski definition) is 5. The summed E-state index contributed by atoms with van der Waals surface area (Å²) < 4.78 is 12.7. The number of benzene rings is 3. The first-order chi connectivity index (χ1) is 16.8. The Labute approximate surface area is 226 Å². The Balaban J connectivity index is 1.50. The predicted molar refractivity (Wildman–Crippen MR) is 144 cm³/mol. The van der Waals surface area contributed by atoms with Crippen molar-refractivity contribution in [1.82, 2.24) is 4.90 Å². The van der Waals surface area contributed by atoms with Crippen LogP contribution in [-0.4, -0.2) is 22.7 Å². The average Bonchev–Trinajstić information content (AvgIpc) is 3.08. The van der Waals surface area contributed by atoms with Crippen LogP contribution < -0.4 is 9.47 Å². The van der Waals surface area contributed by atoms with Gasteiger partial charge in [0.2, 0.25) is 0 Å². The highest BCUT2D eigenvalue weighted by molar-refractivity contribution is 9.10. The van der Waals surface area contributed by atoms with E-state index in [9.17, 15) is 9.59 Å². The molecular weight excluding hydrogens is 573 g/mol. The standard InChI is InChI=1S/C26H20BrCl2NO4S/c1-2-33-23-11-17(5-10-22(23)34-15-16-3-7-19(27)8-4-16)12-24-25(31)30(26(32)35-24)14-18-6-9-20(28)13-21(18)29/h3-13H,2,14-15H2,1H3/b24-12-. The molecule has 0 spiro atoms. The lowest BCUT2D eigenvalue weighted by molar-refractivity contribution is -0.123. The van der Waals surface area contributed by atoms with Crippen molar-refractivity contribution in [2.45, 2.75) is 20.1 Å². The van der Waals surface area contributed by atoms with Crippen LogP contribution in [0.5, 0.6) is 11.5 Å². The minimum Gasteiger partial charge on any atom is -0.490 e. The maximum absolute atomic E-state index is 13.0. The van der Waals surface area contributed by atoms with Gasteiger partial charge in [-0.3, -0.25) is 14.5 Å². The highest BCUT2D eigenvalue weighted by atomic mass is 79.9. The number of rotatable bonds is 8. The fourth-order valence-corrected chi connectivity index (χ4v) is 4.92. The van der Waals surface area contributed by atoms with Crippen LogP contribution in [0.25, 0.3) is 6.08 Å². The fraction of sp³-hybridized carbons (Fsp3) is 0.154. The first kappa shape index (κ1) is 25.6. The Morgan fingerprint density at radius 1 is 0.971 bits per heavy atom. The molecule has 0 N–H and O–H groups in total. The van der Waals surface area contributed by atoms with Gasteiger partial charge in [-0.05, 0) is 77.9 Å². The number of halogens is 3. The van der Waals surface area contributed by atoms with E-state index in [1.54, 1.807) is 36.4 Å². The van der Waals surface area contributed by atoms with Crippen molar-refractivity contribution in [2.75, 3.05) is 6.61 Å². The molecule has 1 aliphatic heterocycles.